The van der Waals surface area contributed by atoms with Crippen molar-refractivity contribution in [3.05, 3.63) is 113 Å². The van der Waals surface area contributed by atoms with Crippen molar-refractivity contribution < 1.29 is 45.0 Å². The maximum absolute atomic E-state index is 13.9. The molecule has 0 aliphatic carbocycles. The fraction of sp³-hybridized carbons (Fsp3) is 0.179. The first kappa shape index (κ1) is 45.0. The van der Waals surface area contributed by atoms with Gasteiger partial charge in [-0.25, -0.2) is 9.36 Å². The Kier molecular flexibility index (Phi) is 12.4. The van der Waals surface area contributed by atoms with E-state index in [2.05, 4.69) is 20.8 Å². The summed E-state index contributed by atoms with van der Waals surface area (Å²) in [6.45, 7) is -0.144. The Morgan fingerprint density at radius 3 is 1.37 bits per heavy atom. The van der Waals surface area contributed by atoms with Crippen LogP contribution in [0.1, 0.15) is 38.5 Å². The number of nitrogens with one attached hydrogen (secondary N) is 2. The minimum absolute atomic E-state index is 0.0325. The lowest BCUT2D eigenvalue weighted by molar-refractivity contribution is 0.0945. The normalized spacial score (nSPS) is 13.3. The standard InChI is InChI=1S/C39H28Cl6N6O10S2/c40-18-2-8-28(26(44)16-18)50-32-20(10-14-60-34-22(32)4-6-24(42)36(34)62(54,55)56)30(48-50)38(52)46-12-1-13-47-39(53)31-21-11-15-61-35-23(5-7-25(43)37(35)63(57,58)59)33(21)51(49-31)29-9-3-19(41)17-27(29)45/h2-9,16-17H,1,10-15H2,(H,46,52)(H,47,53)(H,54,55,56)(H,57,58,59). The number of amides is 2. The van der Waals surface area contributed by atoms with Crippen LogP contribution in [0.25, 0.3) is 33.9 Å². The van der Waals surface area contributed by atoms with E-state index in [0.29, 0.717) is 32.5 Å². The van der Waals surface area contributed by atoms with Crippen LogP contribution < -0.4 is 20.1 Å². The van der Waals surface area contributed by atoms with Gasteiger partial charge in [-0.2, -0.15) is 27.0 Å². The van der Waals surface area contributed by atoms with Gasteiger partial charge in [0, 0.05) is 58.2 Å². The number of aromatic nitrogens is 4. The van der Waals surface area contributed by atoms with Crippen molar-refractivity contribution in [3.63, 3.8) is 0 Å². The number of hydrogen-bond donors (Lipinski definition) is 4. The summed E-state index contributed by atoms with van der Waals surface area (Å²) in [5.74, 6) is -1.69. The lowest BCUT2D eigenvalue weighted by Crippen LogP contribution is -2.31. The monoisotopic (exact) mass is 1010 g/mol. The number of hydrogen-bond acceptors (Lipinski definition) is 10. The minimum Gasteiger partial charge on any atom is -0.491 e. The average molecular weight is 1020 g/mol. The van der Waals surface area contributed by atoms with Crippen LogP contribution in [0.2, 0.25) is 30.1 Å². The Bertz CT molecular complexity index is 2930. The van der Waals surface area contributed by atoms with E-state index in [1.807, 2.05) is 0 Å². The molecule has 2 aromatic heterocycles. The molecule has 0 radical (unpaired) electrons. The summed E-state index contributed by atoms with van der Waals surface area (Å²) in [5, 5.41) is 15.2. The number of carbonyl (C=O) groups is 2. The van der Waals surface area contributed by atoms with Gasteiger partial charge in [-0.05, 0) is 67.1 Å². The third kappa shape index (κ3) is 8.57. The second kappa shape index (κ2) is 17.4. The van der Waals surface area contributed by atoms with Crippen LogP contribution in [0.3, 0.4) is 0 Å². The highest BCUT2D eigenvalue weighted by Gasteiger charge is 2.35. The molecule has 328 valence electrons. The Labute approximate surface area is 388 Å². The van der Waals surface area contributed by atoms with Crippen LogP contribution in [-0.4, -0.2) is 83.6 Å². The molecule has 63 heavy (non-hydrogen) atoms. The zero-order valence-electron chi connectivity index (χ0n) is 31.8. The molecule has 6 aromatic rings. The van der Waals surface area contributed by atoms with Crippen LogP contribution >= 0.6 is 69.6 Å². The summed E-state index contributed by atoms with van der Waals surface area (Å²) < 4.78 is 84.4. The molecular formula is C39H28Cl6N6O10S2. The maximum atomic E-state index is 13.9. The maximum Gasteiger partial charge on any atom is 0.299 e. The molecule has 2 aliphatic heterocycles. The lowest BCUT2D eigenvalue weighted by atomic mass is 10.0. The molecular weight excluding hydrogens is 989 g/mol. The summed E-state index contributed by atoms with van der Waals surface area (Å²) in [6.07, 6.45) is 0.378. The summed E-state index contributed by atoms with van der Waals surface area (Å²) in [4.78, 5) is 26.5. The van der Waals surface area contributed by atoms with E-state index in [9.17, 15) is 35.5 Å². The molecule has 0 saturated carbocycles. The van der Waals surface area contributed by atoms with E-state index in [1.165, 1.54) is 45.8 Å². The van der Waals surface area contributed by atoms with Gasteiger partial charge in [0.05, 0.1) is 56.1 Å². The molecule has 4 aromatic carbocycles. The van der Waals surface area contributed by atoms with Gasteiger partial charge >= 0.3 is 0 Å². The fourth-order valence-corrected chi connectivity index (χ4v) is 10.6. The van der Waals surface area contributed by atoms with Crippen molar-refractivity contribution >= 4 is 102 Å². The third-order valence-corrected chi connectivity index (χ3v) is 13.7. The van der Waals surface area contributed by atoms with Crippen LogP contribution in [-0.2, 0) is 33.1 Å². The highest BCUT2D eigenvalue weighted by molar-refractivity contribution is 7.86. The Morgan fingerprint density at radius 1 is 0.603 bits per heavy atom. The van der Waals surface area contributed by atoms with Crippen molar-refractivity contribution in [2.24, 2.45) is 0 Å². The molecule has 2 aliphatic rings. The zero-order chi connectivity index (χ0) is 45.1. The molecule has 24 heteroatoms. The topological polar surface area (TPSA) is 221 Å². The number of nitrogens with zero attached hydrogens (tertiary/aromatic N) is 4. The lowest BCUT2D eigenvalue weighted by Gasteiger charge is -2.15. The molecule has 16 nitrogen and oxygen atoms in total. The Morgan fingerprint density at radius 2 is 1.00 bits per heavy atom. The molecule has 4 N–H and O–H groups in total. The van der Waals surface area contributed by atoms with Gasteiger partial charge in [0.1, 0.15) is 0 Å². The van der Waals surface area contributed by atoms with Crippen LogP contribution in [0.4, 0.5) is 0 Å². The zero-order valence-corrected chi connectivity index (χ0v) is 37.9. The van der Waals surface area contributed by atoms with E-state index < -0.39 is 41.8 Å². The van der Waals surface area contributed by atoms with Gasteiger partial charge in [-0.15, -0.1) is 0 Å². The molecule has 0 unspecified atom stereocenters. The summed E-state index contributed by atoms with van der Waals surface area (Å²) in [6, 6.07) is 14.7. The van der Waals surface area contributed by atoms with E-state index in [-0.39, 0.29) is 111 Å². The van der Waals surface area contributed by atoms with Crippen LogP contribution in [0.5, 0.6) is 11.5 Å². The molecule has 0 saturated heterocycles. The molecule has 2 amide bonds. The van der Waals surface area contributed by atoms with Gasteiger partial charge in [-0.1, -0.05) is 69.6 Å². The number of fused-ring (bicyclic) bond motifs is 6. The predicted molar refractivity (Wildman–Crippen MR) is 235 cm³/mol. The number of rotatable bonds is 10. The van der Waals surface area contributed by atoms with Crippen LogP contribution in [0, 0.1) is 0 Å². The van der Waals surface area contributed by atoms with E-state index in [1.54, 1.807) is 24.3 Å². The summed E-state index contributed by atoms with van der Waals surface area (Å²) >= 11 is 38.0. The highest BCUT2D eigenvalue weighted by atomic mass is 35.5. The predicted octanol–water partition coefficient (Wildman–Crippen LogP) is 8.23. The molecule has 0 spiro atoms. The molecule has 8 rings (SSSR count). The molecule has 0 fully saturated rings. The average Bonchev–Trinajstić information content (AvgIpc) is 3.61. The largest absolute Gasteiger partial charge is 0.491 e. The van der Waals surface area contributed by atoms with Crippen molar-refractivity contribution in [2.75, 3.05) is 26.3 Å². The number of halogens is 6. The minimum atomic E-state index is -4.87. The highest BCUT2D eigenvalue weighted by Crippen LogP contribution is 2.47. The first-order valence-corrected chi connectivity index (χ1v) is 23.6. The van der Waals surface area contributed by atoms with Gasteiger partial charge in [-0.3, -0.25) is 18.7 Å². The van der Waals surface area contributed by atoms with Crippen molar-refractivity contribution in [3.8, 4) is 45.4 Å². The Hall–Kier alpha value is -4.60. The van der Waals surface area contributed by atoms with Crippen molar-refractivity contribution in [1.29, 1.82) is 0 Å². The molecule has 0 atom stereocenters. The Balaban J connectivity index is 1.06. The molecule has 0 bridgehead atoms. The summed E-state index contributed by atoms with van der Waals surface area (Å²) in [7, 11) is -9.74. The fourth-order valence-electron chi connectivity index (χ4n) is 7.33. The van der Waals surface area contributed by atoms with Gasteiger partial charge in [0.15, 0.2) is 32.7 Å². The van der Waals surface area contributed by atoms with Gasteiger partial charge < -0.3 is 20.1 Å². The van der Waals surface area contributed by atoms with E-state index in [4.69, 9.17) is 79.1 Å². The smallest absolute Gasteiger partial charge is 0.299 e. The number of carbonyl (C=O) groups excluding carboxylic acids is 2. The SMILES string of the molecule is O=C(NCCCNC(=O)c1nn(-c2ccc(Cl)cc2Cl)c2c1CCOc1c-2ccc(Cl)c1S(=O)(=O)O)c1nn(-c2ccc(Cl)cc2Cl)c2c1CCOc1c-2ccc(Cl)c1S(=O)(=O)O. The molecule has 4 heterocycles. The number of benzene rings is 4. The van der Waals surface area contributed by atoms with Crippen molar-refractivity contribution in [2.45, 2.75) is 29.1 Å². The van der Waals surface area contributed by atoms with E-state index in [0.717, 1.165) is 0 Å². The quantitative estimate of drug-likeness (QED) is 0.0753. The number of ether oxygens (including phenoxy) is 2. The van der Waals surface area contributed by atoms with Gasteiger partial charge in [0.2, 0.25) is 0 Å². The summed E-state index contributed by atoms with van der Waals surface area (Å²) in [5.41, 5.74) is 2.13. The third-order valence-electron chi connectivity index (χ3n) is 9.95. The van der Waals surface area contributed by atoms with Crippen molar-refractivity contribution in [1.82, 2.24) is 30.2 Å². The second-order valence-electron chi connectivity index (χ2n) is 13.9. The first-order chi connectivity index (χ1) is 29.8. The second-order valence-corrected chi connectivity index (χ2v) is 19.1. The van der Waals surface area contributed by atoms with E-state index >= 15 is 0 Å². The van der Waals surface area contributed by atoms with Crippen LogP contribution in [0.15, 0.2) is 70.5 Å². The first-order valence-electron chi connectivity index (χ1n) is 18.4. The van der Waals surface area contributed by atoms with Gasteiger partial charge in [0.25, 0.3) is 32.1 Å².